The standard InChI is InChI=1S/C23H29N7OS/c1-5-30-21(16-8-6-7-9-17(16)27-30)26-23-25-18(13-32-23)19-10-11-20(22(31-4)28(19)3)29-12-15(2)24-14-29/h10-14,19H,5-9H2,1-4H3,(H,25,26). The number of thiazole rings is 1. The summed E-state index contributed by atoms with van der Waals surface area (Å²) in [6.07, 6.45) is 12.7. The second-order valence-electron chi connectivity index (χ2n) is 8.23. The number of ether oxygens (including phenoxy) is 1. The molecule has 0 bridgehead atoms. The Morgan fingerprint density at radius 1 is 1.28 bits per heavy atom. The van der Waals surface area contributed by atoms with Gasteiger partial charge in [-0.1, -0.05) is 6.08 Å². The number of nitrogens with one attached hydrogen (secondary N) is 1. The molecule has 1 aliphatic heterocycles. The number of nitrogens with zero attached hydrogens (tertiary/aromatic N) is 6. The van der Waals surface area contributed by atoms with Crippen LogP contribution in [-0.2, 0) is 24.1 Å². The quantitative estimate of drug-likeness (QED) is 0.595. The van der Waals surface area contributed by atoms with Crippen molar-refractivity contribution in [3.05, 3.63) is 58.6 Å². The number of aryl methyl sites for hydroxylation is 3. The van der Waals surface area contributed by atoms with E-state index in [-0.39, 0.29) is 6.04 Å². The Morgan fingerprint density at radius 3 is 2.88 bits per heavy atom. The third kappa shape index (κ3) is 3.60. The van der Waals surface area contributed by atoms with Gasteiger partial charge in [-0.05, 0) is 45.6 Å². The van der Waals surface area contributed by atoms with E-state index >= 15 is 0 Å². The molecule has 0 saturated carbocycles. The average molecular weight is 452 g/mol. The molecule has 2 aliphatic rings. The van der Waals surface area contributed by atoms with Gasteiger partial charge in [0.25, 0.3) is 0 Å². The first-order valence-corrected chi connectivity index (χ1v) is 12.0. The predicted molar refractivity (Wildman–Crippen MR) is 127 cm³/mol. The molecule has 3 aromatic rings. The Kier molecular flexibility index (Phi) is 5.50. The molecule has 4 heterocycles. The van der Waals surface area contributed by atoms with Gasteiger partial charge in [-0.3, -0.25) is 0 Å². The van der Waals surface area contributed by atoms with Gasteiger partial charge in [-0.2, -0.15) is 5.10 Å². The fourth-order valence-corrected chi connectivity index (χ4v) is 5.28. The topological polar surface area (TPSA) is 73.0 Å². The first-order valence-electron chi connectivity index (χ1n) is 11.1. The maximum Gasteiger partial charge on any atom is 0.214 e. The molecule has 168 valence electrons. The molecule has 1 atom stereocenters. The molecular weight excluding hydrogens is 422 g/mol. The van der Waals surface area contributed by atoms with E-state index in [2.05, 4.69) is 44.3 Å². The molecule has 0 spiro atoms. The van der Waals surface area contributed by atoms with Crippen LogP contribution >= 0.6 is 11.3 Å². The minimum atomic E-state index is -0.00452. The number of hydrogen-bond acceptors (Lipinski definition) is 7. The first kappa shape index (κ1) is 20.8. The van der Waals surface area contributed by atoms with Crippen LogP contribution in [0, 0.1) is 6.92 Å². The summed E-state index contributed by atoms with van der Waals surface area (Å²) in [5.41, 5.74) is 5.51. The number of aromatic nitrogens is 5. The Morgan fingerprint density at radius 2 is 2.12 bits per heavy atom. The molecule has 0 radical (unpaired) electrons. The van der Waals surface area contributed by atoms with Crippen molar-refractivity contribution in [3.8, 4) is 0 Å². The zero-order valence-electron chi connectivity index (χ0n) is 19.0. The van der Waals surface area contributed by atoms with Gasteiger partial charge < -0.3 is 19.5 Å². The van der Waals surface area contributed by atoms with Crippen LogP contribution in [0.1, 0.15) is 48.5 Å². The van der Waals surface area contributed by atoms with Crippen LogP contribution in [0.3, 0.4) is 0 Å². The molecule has 1 N–H and O–H groups in total. The van der Waals surface area contributed by atoms with Crippen molar-refractivity contribution in [3.63, 3.8) is 0 Å². The SMILES string of the molecule is CCn1nc2c(c1Nc1nc(C3C=CC(n4cnc(C)c4)=C(OC)N3C)cs1)CCCC2. The average Bonchev–Trinajstić information content (AvgIpc) is 3.53. The third-order valence-electron chi connectivity index (χ3n) is 6.15. The van der Waals surface area contributed by atoms with Gasteiger partial charge in [0.05, 0.1) is 36.6 Å². The zero-order valence-corrected chi connectivity index (χ0v) is 19.8. The summed E-state index contributed by atoms with van der Waals surface area (Å²) in [5.74, 6) is 1.89. The van der Waals surface area contributed by atoms with E-state index in [9.17, 15) is 0 Å². The van der Waals surface area contributed by atoms with E-state index in [1.54, 1.807) is 18.4 Å². The summed E-state index contributed by atoms with van der Waals surface area (Å²) in [4.78, 5) is 11.4. The number of imidazole rings is 1. The number of likely N-dealkylation sites (N-methyl/N-ethyl adjacent to an activating group) is 1. The molecular formula is C23H29N7OS. The highest BCUT2D eigenvalue weighted by atomic mass is 32.1. The summed E-state index contributed by atoms with van der Waals surface area (Å²) in [7, 11) is 3.74. The van der Waals surface area contributed by atoms with Crippen LogP contribution in [0.4, 0.5) is 10.9 Å². The van der Waals surface area contributed by atoms with Crippen LogP contribution in [0.2, 0.25) is 0 Å². The number of allylic oxidation sites excluding steroid dienone is 2. The Balaban J connectivity index is 1.40. The molecule has 0 fully saturated rings. The fraction of sp³-hybridized carbons (Fsp3) is 0.435. The number of fused-ring (bicyclic) bond motifs is 1. The Hall–Kier alpha value is -3.07. The van der Waals surface area contributed by atoms with Crippen LogP contribution in [-0.4, -0.2) is 43.4 Å². The monoisotopic (exact) mass is 451 g/mol. The molecule has 0 saturated heterocycles. The smallest absolute Gasteiger partial charge is 0.214 e. The number of anilines is 2. The highest BCUT2D eigenvalue weighted by molar-refractivity contribution is 7.13. The van der Waals surface area contributed by atoms with Gasteiger partial charge in [-0.25, -0.2) is 14.6 Å². The van der Waals surface area contributed by atoms with Crippen LogP contribution in [0.25, 0.3) is 5.70 Å². The molecule has 8 nitrogen and oxygen atoms in total. The molecule has 9 heteroatoms. The maximum atomic E-state index is 5.77. The first-order chi connectivity index (χ1) is 15.6. The normalized spacial score (nSPS) is 18.2. The Labute approximate surface area is 192 Å². The van der Waals surface area contributed by atoms with Crippen molar-refractivity contribution in [1.82, 2.24) is 29.2 Å². The van der Waals surface area contributed by atoms with Gasteiger partial charge in [0.1, 0.15) is 11.5 Å². The number of hydrogen-bond donors (Lipinski definition) is 1. The predicted octanol–water partition coefficient (Wildman–Crippen LogP) is 4.50. The summed E-state index contributed by atoms with van der Waals surface area (Å²) in [5, 5.41) is 11.4. The van der Waals surface area contributed by atoms with Crippen LogP contribution in [0.15, 0.2) is 35.9 Å². The number of methoxy groups -OCH3 is 1. The molecule has 0 aromatic carbocycles. The highest BCUT2D eigenvalue weighted by Crippen LogP contribution is 2.36. The van der Waals surface area contributed by atoms with Gasteiger partial charge in [0, 0.05) is 30.7 Å². The van der Waals surface area contributed by atoms with Crippen molar-refractivity contribution in [2.75, 3.05) is 19.5 Å². The fourth-order valence-electron chi connectivity index (χ4n) is 4.54. The van der Waals surface area contributed by atoms with E-state index < -0.39 is 0 Å². The van der Waals surface area contributed by atoms with Gasteiger partial charge in [0.2, 0.25) is 5.88 Å². The van der Waals surface area contributed by atoms with E-state index in [1.807, 2.05) is 31.1 Å². The second-order valence-corrected chi connectivity index (χ2v) is 9.09. The summed E-state index contributed by atoms with van der Waals surface area (Å²) < 4.78 is 9.83. The molecule has 1 aliphatic carbocycles. The van der Waals surface area contributed by atoms with Crippen LogP contribution < -0.4 is 5.32 Å². The minimum Gasteiger partial charge on any atom is -0.481 e. The third-order valence-corrected chi connectivity index (χ3v) is 6.93. The number of rotatable bonds is 6. The van der Waals surface area contributed by atoms with E-state index in [1.165, 1.54) is 24.1 Å². The van der Waals surface area contributed by atoms with Crippen molar-refractivity contribution in [2.24, 2.45) is 0 Å². The van der Waals surface area contributed by atoms with E-state index in [4.69, 9.17) is 14.8 Å². The lowest BCUT2D eigenvalue weighted by molar-refractivity contribution is 0.153. The maximum absolute atomic E-state index is 5.77. The molecule has 5 rings (SSSR count). The zero-order chi connectivity index (χ0) is 22.2. The van der Waals surface area contributed by atoms with Crippen molar-refractivity contribution >= 4 is 28.0 Å². The van der Waals surface area contributed by atoms with E-state index in [0.29, 0.717) is 0 Å². The van der Waals surface area contributed by atoms with Crippen molar-refractivity contribution in [2.45, 2.75) is 52.1 Å². The summed E-state index contributed by atoms with van der Waals surface area (Å²) in [6, 6.07) is -0.00452. The highest BCUT2D eigenvalue weighted by Gasteiger charge is 2.27. The summed E-state index contributed by atoms with van der Waals surface area (Å²) >= 11 is 1.63. The summed E-state index contributed by atoms with van der Waals surface area (Å²) in [6.45, 7) is 4.96. The van der Waals surface area contributed by atoms with Crippen molar-refractivity contribution < 1.29 is 4.74 Å². The largest absolute Gasteiger partial charge is 0.481 e. The molecule has 0 amide bonds. The lowest BCUT2D eigenvalue weighted by Gasteiger charge is -2.32. The minimum absolute atomic E-state index is 0.00452. The van der Waals surface area contributed by atoms with Crippen molar-refractivity contribution in [1.29, 1.82) is 0 Å². The van der Waals surface area contributed by atoms with Crippen LogP contribution in [0.5, 0.6) is 0 Å². The van der Waals surface area contributed by atoms with Gasteiger partial charge in [-0.15, -0.1) is 11.3 Å². The van der Waals surface area contributed by atoms with Gasteiger partial charge >= 0.3 is 0 Å². The van der Waals surface area contributed by atoms with E-state index in [0.717, 1.165) is 53.3 Å². The lowest BCUT2D eigenvalue weighted by Crippen LogP contribution is -2.28. The molecule has 1 unspecified atom stereocenters. The Bertz CT molecular complexity index is 1190. The molecule has 3 aromatic heterocycles. The second kappa shape index (κ2) is 8.46. The lowest BCUT2D eigenvalue weighted by atomic mass is 9.97. The molecule has 32 heavy (non-hydrogen) atoms. The van der Waals surface area contributed by atoms with Gasteiger partial charge in [0.15, 0.2) is 5.13 Å².